The van der Waals surface area contributed by atoms with Gasteiger partial charge in [-0.25, -0.2) is 15.0 Å². The molecule has 5 rings (SSSR count). The smallest absolute Gasteiger partial charge is 0.417 e. The van der Waals surface area contributed by atoms with Crippen molar-refractivity contribution in [1.29, 1.82) is 0 Å². The van der Waals surface area contributed by atoms with Crippen molar-refractivity contribution in [3.63, 3.8) is 0 Å². The van der Waals surface area contributed by atoms with Crippen molar-refractivity contribution in [3.05, 3.63) is 45.8 Å². The average Bonchev–Trinajstić information content (AvgIpc) is 3.59. The molecule has 4 heterocycles. The van der Waals surface area contributed by atoms with Gasteiger partial charge in [0.1, 0.15) is 6.33 Å². The fourth-order valence-electron chi connectivity index (χ4n) is 5.58. The molecule has 1 atom stereocenters. The highest BCUT2D eigenvalue weighted by molar-refractivity contribution is 7.16. The largest absolute Gasteiger partial charge is 0.481 e. The number of carboxylic acid groups (broad SMARTS) is 1. The summed E-state index contributed by atoms with van der Waals surface area (Å²) in [5.41, 5.74) is -0.293. The first-order valence-electron chi connectivity index (χ1n) is 14.1. The minimum absolute atomic E-state index is 0.0398. The van der Waals surface area contributed by atoms with Crippen molar-refractivity contribution >= 4 is 45.7 Å². The van der Waals surface area contributed by atoms with Crippen LogP contribution in [0.3, 0.4) is 0 Å². The maximum Gasteiger partial charge on any atom is 0.417 e. The molecule has 9 nitrogen and oxygen atoms in total. The molecule has 2 aliphatic heterocycles. The quantitative estimate of drug-likeness (QED) is 0.254. The number of alkyl halides is 3. The molecule has 1 aromatic carbocycles. The van der Waals surface area contributed by atoms with Gasteiger partial charge in [-0.1, -0.05) is 35.9 Å². The maximum absolute atomic E-state index is 15.7. The molecule has 232 valence electrons. The van der Waals surface area contributed by atoms with E-state index in [1.165, 1.54) is 29.8 Å². The molecular formula is C28H32ClF4N7O2S. The minimum atomic E-state index is -4.63. The van der Waals surface area contributed by atoms with Crippen molar-refractivity contribution in [2.45, 2.75) is 51.4 Å². The van der Waals surface area contributed by atoms with Crippen LogP contribution in [0.25, 0.3) is 11.3 Å². The lowest BCUT2D eigenvalue weighted by molar-refractivity contribution is -0.138. The SMILES string of the molecule is CC[C@@H]1CCCN1Cc1sc(Nc2ncnc(N3CCN(CCC(=O)O)CC3)c2F)nc1-c1ccc(Cl)c(C(F)(F)F)c1. The van der Waals surface area contributed by atoms with Crippen molar-refractivity contribution in [3.8, 4) is 11.3 Å². The summed E-state index contributed by atoms with van der Waals surface area (Å²) < 4.78 is 56.7. The number of halogens is 5. The van der Waals surface area contributed by atoms with Gasteiger partial charge in [0.15, 0.2) is 16.8 Å². The predicted molar refractivity (Wildman–Crippen MR) is 157 cm³/mol. The van der Waals surface area contributed by atoms with E-state index in [0.29, 0.717) is 56.1 Å². The van der Waals surface area contributed by atoms with Gasteiger partial charge in [-0.05, 0) is 37.9 Å². The van der Waals surface area contributed by atoms with Crippen molar-refractivity contribution in [2.75, 3.05) is 49.5 Å². The summed E-state index contributed by atoms with van der Waals surface area (Å²) in [6.45, 7) is 5.97. The highest BCUT2D eigenvalue weighted by atomic mass is 35.5. The number of rotatable bonds is 10. The number of aliphatic carboxylic acids is 1. The highest BCUT2D eigenvalue weighted by Crippen LogP contribution is 2.40. The summed E-state index contributed by atoms with van der Waals surface area (Å²) in [7, 11) is 0. The van der Waals surface area contributed by atoms with Crippen molar-refractivity contribution in [1.82, 2.24) is 24.8 Å². The van der Waals surface area contributed by atoms with Gasteiger partial charge in [0.05, 0.1) is 22.7 Å². The number of aromatic nitrogens is 3. The molecule has 2 aliphatic rings. The Balaban J connectivity index is 1.41. The van der Waals surface area contributed by atoms with Crippen LogP contribution in [0.15, 0.2) is 24.5 Å². The van der Waals surface area contributed by atoms with Gasteiger partial charge in [0, 0.05) is 55.8 Å². The van der Waals surface area contributed by atoms with Gasteiger partial charge in [0.2, 0.25) is 5.82 Å². The Morgan fingerprint density at radius 2 is 1.95 bits per heavy atom. The maximum atomic E-state index is 15.7. The van der Waals surface area contributed by atoms with Crippen LogP contribution in [-0.4, -0.2) is 81.1 Å². The Hall–Kier alpha value is -3.07. The number of thiazole rings is 1. The minimum Gasteiger partial charge on any atom is -0.481 e. The molecule has 0 spiro atoms. The molecule has 43 heavy (non-hydrogen) atoms. The van der Waals surface area contributed by atoms with E-state index in [0.717, 1.165) is 36.8 Å². The summed E-state index contributed by atoms with van der Waals surface area (Å²) in [5, 5.41) is 11.8. The number of nitrogens with one attached hydrogen (secondary N) is 1. The number of benzene rings is 1. The van der Waals surface area contributed by atoms with Gasteiger partial charge >= 0.3 is 12.1 Å². The molecule has 0 saturated carbocycles. The zero-order chi connectivity index (χ0) is 30.7. The van der Waals surface area contributed by atoms with Crippen LogP contribution in [0.2, 0.25) is 5.02 Å². The van der Waals surface area contributed by atoms with E-state index >= 15 is 4.39 Å². The first-order valence-corrected chi connectivity index (χ1v) is 15.3. The van der Waals surface area contributed by atoms with Crippen LogP contribution in [0.5, 0.6) is 0 Å². The van der Waals surface area contributed by atoms with Gasteiger partial charge < -0.3 is 15.3 Å². The molecule has 2 fully saturated rings. The second-order valence-electron chi connectivity index (χ2n) is 10.6. The van der Waals surface area contributed by atoms with E-state index in [9.17, 15) is 18.0 Å². The number of anilines is 3. The second kappa shape index (κ2) is 13.3. The normalized spacial score (nSPS) is 18.4. The van der Waals surface area contributed by atoms with Gasteiger partial charge in [-0.2, -0.15) is 17.6 Å². The Kier molecular flexibility index (Phi) is 9.69. The molecule has 0 bridgehead atoms. The third-order valence-corrected chi connectivity index (χ3v) is 9.15. The summed E-state index contributed by atoms with van der Waals surface area (Å²) in [5.74, 6) is -1.51. The summed E-state index contributed by atoms with van der Waals surface area (Å²) in [4.78, 5) is 30.6. The summed E-state index contributed by atoms with van der Waals surface area (Å²) in [6.07, 6.45) is -0.288. The van der Waals surface area contributed by atoms with E-state index < -0.39 is 28.5 Å². The first kappa shape index (κ1) is 31.4. The van der Waals surface area contributed by atoms with Crippen LogP contribution in [0, 0.1) is 5.82 Å². The van der Waals surface area contributed by atoms with E-state index in [4.69, 9.17) is 16.7 Å². The zero-order valence-electron chi connectivity index (χ0n) is 23.5. The third kappa shape index (κ3) is 7.36. The van der Waals surface area contributed by atoms with E-state index in [2.05, 4.69) is 32.1 Å². The van der Waals surface area contributed by atoms with Gasteiger partial charge in [0.25, 0.3) is 0 Å². The van der Waals surface area contributed by atoms with E-state index in [-0.39, 0.29) is 23.6 Å². The molecular weight excluding hydrogens is 610 g/mol. The van der Waals surface area contributed by atoms with Crippen LogP contribution < -0.4 is 10.2 Å². The fraction of sp³-hybridized carbons (Fsp3) is 0.500. The third-order valence-electron chi connectivity index (χ3n) is 7.87. The molecule has 3 aromatic rings. The highest BCUT2D eigenvalue weighted by Gasteiger charge is 2.34. The predicted octanol–water partition coefficient (Wildman–Crippen LogP) is 6.13. The molecule has 0 amide bonds. The van der Waals surface area contributed by atoms with Crippen LogP contribution >= 0.6 is 22.9 Å². The molecule has 2 aromatic heterocycles. The number of likely N-dealkylation sites (tertiary alicyclic amines) is 1. The Morgan fingerprint density at radius 3 is 2.65 bits per heavy atom. The number of carbonyl (C=O) groups is 1. The summed E-state index contributed by atoms with van der Waals surface area (Å²) in [6, 6.07) is 4.11. The van der Waals surface area contributed by atoms with Gasteiger partial charge in [-0.15, -0.1) is 0 Å². The number of nitrogens with zero attached hydrogens (tertiary/aromatic N) is 6. The van der Waals surface area contributed by atoms with Gasteiger partial charge in [-0.3, -0.25) is 14.6 Å². The first-order chi connectivity index (χ1) is 20.5. The van der Waals surface area contributed by atoms with E-state index in [1.807, 2.05) is 4.90 Å². The number of hydrogen-bond acceptors (Lipinski definition) is 9. The lowest BCUT2D eigenvalue weighted by atomic mass is 10.1. The topological polar surface area (TPSA) is 97.7 Å². The lowest BCUT2D eigenvalue weighted by Gasteiger charge is -2.35. The number of piperazine rings is 1. The van der Waals surface area contributed by atoms with Crippen molar-refractivity contribution in [2.24, 2.45) is 0 Å². The average molecular weight is 642 g/mol. The lowest BCUT2D eigenvalue weighted by Crippen LogP contribution is -2.47. The number of carboxylic acids is 1. The van der Waals surface area contributed by atoms with Crippen LogP contribution in [-0.2, 0) is 17.5 Å². The van der Waals surface area contributed by atoms with Crippen LogP contribution in [0.4, 0.5) is 34.3 Å². The molecule has 0 unspecified atom stereocenters. The summed E-state index contributed by atoms with van der Waals surface area (Å²) >= 11 is 7.13. The number of hydrogen-bond donors (Lipinski definition) is 2. The fourth-order valence-corrected chi connectivity index (χ4v) is 6.82. The molecule has 0 radical (unpaired) electrons. The molecule has 15 heteroatoms. The van der Waals surface area contributed by atoms with E-state index in [1.54, 1.807) is 4.90 Å². The Bertz CT molecular complexity index is 1450. The van der Waals surface area contributed by atoms with Crippen molar-refractivity contribution < 1.29 is 27.5 Å². The molecule has 2 saturated heterocycles. The molecule has 0 aliphatic carbocycles. The Morgan fingerprint density at radius 1 is 1.19 bits per heavy atom. The van der Waals surface area contributed by atoms with Crippen LogP contribution in [0.1, 0.15) is 43.0 Å². The standard InChI is InChI=1S/C28H32ClF4N7O2S/c1-2-18-4-3-8-40(18)15-21-24(17-5-6-20(29)19(14-17)28(31,32)33)36-27(43-21)37-25-23(30)26(35-16-34-25)39-12-10-38(11-13-39)9-7-22(41)42/h5-6,14,16,18H,2-4,7-13,15H2,1H3,(H,41,42)(H,34,35,36,37)/t18-/m1/s1. The monoisotopic (exact) mass is 641 g/mol. The second-order valence-corrected chi connectivity index (χ2v) is 12.1. The zero-order valence-corrected chi connectivity index (χ0v) is 25.1. The Labute approximate surface area is 255 Å². The molecule has 2 N–H and O–H groups in total.